The van der Waals surface area contributed by atoms with E-state index in [1.54, 1.807) is 18.5 Å². The van der Waals surface area contributed by atoms with Crippen molar-refractivity contribution in [3.63, 3.8) is 0 Å². The highest BCUT2D eigenvalue weighted by Crippen LogP contribution is 2.32. The second-order valence-corrected chi connectivity index (χ2v) is 8.07. The van der Waals surface area contributed by atoms with E-state index in [0.717, 1.165) is 10.1 Å². The van der Waals surface area contributed by atoms with Gasteiger partial charge in [0.2, 0.25) is 0 Å². The van der Waals surface area contributed by atoms with Gasteiger partial charge in [-0.3, -0.25) is 9.78 Å². The number of carbonyl (C=O) groups excluding carboxylic acids is 1. The van der Waals surface area contributed by atoms with Gasteiger partial charge in [-0.1, -0.05) is 0 Å². The summed E-state index contributed by atoms with van der Waals surface area (Å²) in [4.78, 5) is 16.6. The first-order valence-corrected chi connectivity index (χ1v) is 8.73. The van der Waals surface area contributed by atoms with E-state index in [2.05, 4.69) is 10.3 Å². The van der Waals surface area contributed by atoms with Gasteiger partial charge in [-0.2, -0.15) is 0 Å². The Labute approximate surface area is 119 Å². The van der Waals surface area contributed by atoms with Crippen molar-refractivity contribution in [3.8, 4) is 0 Å². The van der Waals surface area contributed by atoms with E-state index < -0.39 is 9.84 Å². The maximum atomic E-state index is 12.2. The lowest BCUT2D eigenvalue weighted by Crippen LogP contribution is -2.35. The highest BCUT2D eigenvalue weighted by atomic mass is 32.2. The number of hydrogen-bond donors (Lipinski definition) is 2. The lowest BCUT2D eigenvalue weighted by atomic mass is 10.2. The molecule has 2 aromatic rings. The van der Waals surface area contributed by atoms with Crippen LogP contribution in [0.4, 0.5) is 5.69 Å². The van der Waals surface area contributed by atoms with Crippen LogP contribution >= 0.6 is 11.3 Å². The van der Waals surface area contributed by atoms with E-state index in [1.807, 2.05) is 0 Å². The third kappa shape index (κ3) is 2.36. The number of aromatic nitrogens is 1. The molecule has 1 fully saturated rings. The summed E-state index contributed by atoms with van der Waals surface area (Å²) in [5, 5.41) is 3.54. The van der Waals surface area contributed by atoms with Crippen LogP contribution in [-0.2, 0) is 9.84 Å². The molecule has 1 aliphatic heterocycles. The fraction of sp³-hybridized carbons (Fsp3) is 0.333. The molecule has 106 valence electrons. The molecule has 1 atom stereocenters. The molecule has 20 heavy (non-hydrogen) atoms. The van der Waals surface area contributed by atoms with Crippen molar-refractivity contribution in [2.75, 3.05) is 17.2 Å². The minimum atomic E-state index is -3.01. The van der Waals surface area contributed by atoms with Gasteiger partial charge < -0.3 is 11.1 Å². The number of hydrogen-bond acceptors (Lipinski definition) is 6. The van der Waals surface area contributed by atoms with E-state index in [1.165, 1.54) is 11.3 Å². The average Bonchev–Trinajstić information content (AvgIpc) is 2.91. The first-order chi connectivity index (χ1) is 9.46. The standard InChI is InChI=1S/C12H13N3O3S2/c13-10-8-1-3-14-5-9(8)19-11(10)12(16)15-7-2-4-20(17,18)6-7/h1,3,5,7H,2,4,6,13H2,(H,15,16). The molecular weight excluding hydrogens is 298 g/mol. The highest BCUT2D eigenvalue weighted by molar-refractivity contribution is 7.91. The number of rotatable bonds is 2. The molecule has 3 rings (SSSR count). The van der Waals surface area contributed by atoms with Crippen LogP contribution in [0.15, 0.2) is 18.5 Å². The molecule has 0 saturated carbocycles. The van der Waals surface area contributed by atoms with Crippen LogP contribution in [0.25, 0.3) is 10.1 Å². The molecule has 1 amide bonds. The molecule has 0 radical (unpaired) electrons. The van der Waals surface area contributed by atoms with Gasteiger partial charge >= 0.3 is 0 Å². The summed E-state index contributed by atoms with van der Waals surface area (Å²) in [6.07, 6.45) is 3.74. The highest BCUT2D eigenvalue weighted by Gasteiger charge is 2.30. The third-order valence-corrected chi connectivity index (χ3v) is 6.23. The van der Waals surface area contributed by atoms with Crippen molar-refractivity contribution in [2.24, 2.45) is 0 Å². The molecule has 1 unspecified atom stereocenters. The maximum absolute atomic E-state index is 12.2. The quantitative estimate of drug-likeness (QED) is 0.854. The topological polar surface area (TPSA) is 102 Å². The first-order valence-electron chi connectivity index (χ1n) is 6.09. The Balaban J connectivity index is 1.84. The smallest absolute Gasteiger partial charge is 0.263 e. The molecule has 0 aromatic carbocycles. The number of pyridine rings is 1. The van der Waals surface area contributed by atoms with E-state index in [0.29, 0.717) is 17.0 Å². The molecule has 8 heteroatoms. The van der Waals surface area contributed by atoms with Gasteiger partial charge in [0.05, 0.1) is 21.9 Å². The summed E-state index contributed by atoms with van der Waals surface area (Å²) in [7, 11) is -3.01. The predicted octanol–water partition coefficient (Wildman–Crippen LogP) is 0.795. The lowest BCUT2D eigenvalue weighted by Gasteiger charge is -2.09. The van der Waals surface area contributed by atoms with Crippen molar-refractivity contribution in [2.45, 2.75) is 12.5 Å². The molecule has 0 aliphatic carbocycles. The number of thiophene rings is 1. The van der Waals surface area contributed by atoms with Crippen molar-refractivity contribution >= 4 is 42.9 Å². The first kappa shape index (κ1) is 13.3. The SMILES string of the molecule is Nc1c(C(=O)NC2CCS(=O)(=O)C2)sc2cnccc12. The third-order valence-electron chi connectivity index (χ3n) is 3.31. The summed E-state index contributed by atoms with van der Waals surface area (Å²) in [5.41, 5.74) is 6.39. The summed E-state index contributed by atoms with van der Waals surface area (Å²) >= 11 is 1.27. The van der Waals surface area contributed by atoms with Crippen molar-refractivity contribution in [1.82, 2.24) is 10.3 Å². The average molecular weight is 311 g/mol. The van der Waals surface area contributed by atoms with Gasteiger partial charge in [0.25, 0.3) is 5.91 Å². The number of fused-ring (bicyclic) bond motifs is 1. The Morgan fingerprint density at radius 2 is 2.30 bits per heavy atom. The number of anilines is 1. The summed E-state index contributed by atoms with van der Waals surface area (Å²) in [5.74, 6) is -0.180. The number of nitrogens with two attached hydrogens (primary N) is 1. The Morgan fingerprint density at radius 3 is 2.95 bits per heavy atom. The minimum absolute atomic E-state index is 0.00505. The number of nitrogens with zero attached hydrogens (tertiary/aromatic N) is 1. The minimum Gasteiger partial charge on any atom is -0.397 e. The molecule has 2 aromatic heterocycles. The maximum Gasteiger partial charge on any atom is 0.263 e. The largest absolute Gasteiger partial charge is 0.397 e. The molecule has 3 heterocycles. The van der Waals surface area contributed by atoms with Gasteiger partial charge in [-0.05, 0) is 12.5 Å². The number of carbonyl (C=O) groups is 1. The summed E-state index contributed by atoms with van der Waals surface area (Å²) < 4.78 is 23.6. The molecule has 0 spiro atoms. The van der Waals surface area contributed by atoms with Crippen LogP contribution in [-0.4, -0.2) is 36.9 Å². The molecule has 0 bridgehead atoms. The second kappa shape index (κ2) is 4.71. The Kier molecular flexibility index (Phi) is 3.14. The van der Waals surface area contributed by atoms with Gasteiger partial charge in [0.1, 0.15) is 4.88 Å². The number of sulfone groups is 1. The van der Waals surface area contributed by atoms with Gasteiger partial charge in [0, 0.05) is 23.8 Å². The van der Waals surface area contributed by atoms with Crippen molar-refractivity contribution in [1.29, 1.82) is 0 Å². The molecular formula is C12H13N3O3S2. The molecule has 6 nitrogen and oxygen atoms in total. The van der Waals surface area contributed by atoms with Crippen molar-refractivity contribution in [3.05, 3.63) is 23.3 Å². The summed E-state index contributed by atoms with van der Waals surface area (Å²) in [6.45, 7) is 0. The fourth-order valence-electron chi connectivity index (χ4n) is 2.30. The molecule has 3 N–H and O–H groups in total. The van der Waals surface area contributed by atoms with Gasteiger partial charge in [-0.15, -0.1) is 11.3 Å². The van der Waals surface area contributed by atoms with Gasteiger partial charge in [-0.25, -0.2) is 8.42 Å². The summed E-state index contributed by atoms with van der Waals surface area (Å²) in [6, 6.07) is 1.44. The van der Waals surface area contributed by atoms with Crippen molar-refractivity contribution < 1.29 is 13.2 Å². The van der Waals surface area contributed by atoms with E-state index in [-0.39, 0.29) is 23.5 Å². The fourth-order valence-corrected chi connectivity index (χ4v) is 4.97. The van der Waals surface area contributed by atoms with E-state index in [4.69, 9.17) is 5.73 Å². The zero-order valence-corrected chi connectivity index (χ0v) is 12.1. The van der Waals surface area contributed by atoms with E-state index in [9.17, 15) is 13.2 Å². The number of nitrogen functional groups attached to an aromatic ring is 1. The molecule has 1 aliphatic rings. The van der Waals surface area contributed by atoms with Crippen LogP contribution in [0.5, 0.6) is 0 Å². The lowest BCUT2D eigenvalue weighted by molar-refractivity contribution is 0.0946. The molecule has 1 saturated heterocycles. The van der Waals surface area contributed by atoms with Crippen LogP contribution in [0.3, 0.4) is 0 Å². The van der Waals surface area contributed by atoms with Crippen LogP contribution in [0.2, 0.25) is 0 Å². The number of nitrogens with one attached hydrogen (secondary N) is 1. The van der Waals surface area contributed by atoms with E-state index >= 15 is 0 Å². The van der Waals surface area contributed by atoms with Gasteiger partial charge in [0.15, 0.2) is 9.84 Å². The Hall–Kier alpha value is -1.67. The normalized spacial score (nSPS) is 21.1. The zero-order chi connectivity index (χ0) is 14.3. The van der Waals surface area contributed by atoms with Crippen LogP contribution < -0.4 is 11.1 Å². The second-order valence-electron chi connectivity index (χ2n) is 4.79. The van der Waals surface area contributed by atoms with Crippen LogP contribution in [0.1, 0.15) is 16.1 Å². The predicted molar refractivity (Wildman–Crippen MR) is 78.6 cm³/mol. The number of amides is 1. The Bertz CT molecular complexity index is 782. The van der Waals surface area contributed by atoms with Crippen LogP contribution in [0, 0.1) is 0 Å². The monoisotopic (exact) mass is 311 g/mol. The Morgan fingerprint density at radius 1 is 1.50 bits per heavy atom. The zero-order valence-electron chi connectivity index (χ0n) is 10.5.